The van der Waals surface area contributed by atoms with Crippen molar-refractivity contribution in [2.75, 3.05) is 12.4 Å². The number of rotatable bonds is 8. The molecule has 0 unspecified atom stereocenters. The molecule has 94 valence electrons. The first-order valence-electron chi connectivity index (χ1n) is 6.51. The second-order valence-electron chi connectivity index (χ2n) is 5.13. The molecule has 1 aliphatic carbocycles. The summed E-state index contributed by atoms with van der Waals surface area (Å²) in [4.78, 5) is 12.0. The molecule has 0 radical (unpaired) electrons. The SMILES string of the molecule is CCCC(CCC)C(=O)NCC1(CCl)CC1. The van der Waals surface area contributed by atoms with Crippen LogP contribution in [0.5, 0.6) is 0 Å². The molecule has 1 N–H and O–H groups in total. The quantitative estimate of drug-likeness (QED) is 0.653. The third-order valence-electron chi connectivity index (χ3n) is 3.52. The standard InChI is InChI=1S/C13H24ClNO/c1-3-5-11(6-4-2)12(16)15-10-13(9-14)7-8-13/h11H,3-10H2,1-2H3,(H,15,16). The van der Waals surface area contributed by atoms with Crippen molar-refractivity contribution < 1.29 is 4.79 Å². The average molecular weight is 246 g/mol. The van der Waals surface area contributed by atoms with Gasteiger partial charge in [-0.15, -0.1) is 11.6 Å². The lowest BCUT2D eigenvalue weighted by molar-refractivity contribution is -0.125. The lowest BCUT2D eigenvalue weighted by Crippen LogP contribution is -2.35. The van der Waals surface area contributed by atoms with Crippen molar-refractivity contribution in [3.8, 4) is 0 Å². The molecule has 0 bridgehead atoms. The molecule has 16 heavy (non-hydrogen) atoms. The van der Waals surface area contributed by atoms with Crippen LogP contribution in [-0.2, 0) is 4.79 Å². The zero-order chi connectivity index (χ0) is 12.0. The highest BCUT2D eigenvalue weighted by molar-refractivity contribution is 6.18. The van der Waals surface area contributed by atoms with Gasteiger partial charge in [0.15, 0.2) is 0 Å². The molecular weight excluding hydrogens is 222 g/mol. The van der Waals surface area contributed by atoms with Crippen LogP contribution in [0.1, 0.15) is 52.4 Å². The summed E-state index contributed by atoms with van der Waals surface area (Å²) in [7, 11) is 0. The zero-order valence-electron chi connectivity index (χ0n) is 10.5. The molecular formula is C13H24ClNO. The first-order valence-corrected chi connectivity index (χ1v) is 7.04. The Balaban J connectivity index is 2.30. The molecule has 1 saturated carbocycles. The number of carbonyl (C=O) groups excluding carboxylic acids is 1. The highest BCUT2D eigenvalue weighted by Crippen LogP contribution is 2.45. The highest BCUT2D eigenvalue weighted by atomic mass is 35.5. The Morgan fingerprint density at radius 3 is 2.25 bits per heavy atom. The summed E-state index contributed by atoms with van der Waals surface area (Å²) >= 11 is 5.89. The lowest BCUT2D eigenvalue weighted by atomic mass is 9.97. The molecule has 1 amide bonds. The van der Waals surface area contributed by atoms with Crippen LogP contribution in [0.25, 0.3) is 0 Å². The van der Waals surface area contributed by atoms with Gasteiger partial charge < -0.3 is 5.32 Å². The number of hydrogen-bond donors (Lipinski definition) is 1. The van der Waals surface area contributed by atoms with E-state index in [2.05, 4.69) is 19.2 Å². The summed E-state index contributed by atoms with van der Waals surface area (Å²) in [5.74, 6) is 1.13. The number of halogens is 1. The topological polar surface area (TPSA) is 29.1 Å². The minimum atomic E-state index is 0.209. The Kier molecular flexibility index (Phi) is 5.60. The van der Waals surface area contributed by atoms with Gasteiger partial charge in [0.1, 0.15) is 0 Å². The van der Waals surface area contributed by atoms with E-state index in [9.17, 15) is 4.79 Å². The molecule has 0 spiro atoms. The summed E-state index contributed by atoms with van der Waals surface area (Å²) < 4.78 is 0. The fraction of sp³-hybridized carbons (Fsp3) is 0.923. The van der Waals surface area contributed by atoms with Crippen molar-refractivity contribution >= 4 is 17.5 Å². The van der Waals surface area contributed by atoms with Crippen molar-refractivity contribution in [1.29, 1.82) is 0 Å². The Bertz CT molecular complexity index is 220. The van der Waals surface area contributed by atoms with Gasteiger partial charge in [0.25, 0.3) is 0 Å². The Morgan fingerprint density at radius 1 is 1.31 bits per heavy atom. The normalized spacial score (nSPS) is 17.5. The van der Waals surface area contributed by atoms with Crippen LogP contribution in [0, 0.1) is 11.3 Å². The van der Waals surface area contributed by atoms with Crippen LogP contribution in [0.15, 0.2) is 0 Å². The number of carbonyl (C=O) groups is 1. The molecule has 0 heterocycles. The number of nitrogens with one attached hydrogen (secondary N) is 1. The van der Waals surface area contributed by atoms with Crippen LogP contribution >= 0.6 is 11.6 Å². The average Bonchev–Trinajstić information content (AvgIpc) is 3.06. The van der Waals surface area contributed by atoms with Gasteiger partial charge in [0, 0.05) is 23.8 Å². The lowest BCUT2D eigenvalue weighted by Gasteiger charge is -2.18. The van der Waals surface area contributed by atoms with Gasteiger partial charge in [-0.3, -0.25) is 4.79 Å². The van der Waals surface area contributed by atoms with Crippen molar-refractivity contribution in [1.82, 2.24) is 5.32 Å². The monoisotopic (exact) mass is 245 g/mol. The van der Waals surface area contributed by atoms with E-state index in [0.29, 0.717) is 5.88 Å². The van der Waals surface area contributed by atoms with E-state index >= 15 is 0 Å². The van der Waals surface area contributed by atoms with Gasteiger partial charge in [-0.2, -0.15) is 0 Å². The Hall–Kier alpha value is -0.240. The molecule has 1 fully saturated rings. The Labute approximate surface area is 104 Å². The zero-order valence-corrected chi connectivity index (χ0v) is 11.3. The minimum absolute atomic E-state index is 0.209. The van der Waals surface area contributed by atoms with E-state index in [1.165, 1.54) is 12.8 Å². The first kappa shape index (κ1) is 13.8. The molecule has 2 nitrogen and oxygen atoms in total. The van der Waals surface area contributed by atoms with Crippen molar-refractivity contribution in [2.24, 2.45) is 11.3 Å². The maximum absolute atomic E-state index is 12.0. The third-order valence-corrected chi connectivity index (χ3v) is 4.09. The van der Waals surface area contributed by atoms with Gasteiger partial charge >= 0.3 is 0 Å². The van der Waals surface area contributed by atoms with Gasteiger partial charge in [-0.1, -0.05) is 26.7 Å². The molecule has 0 aliphatic heterocycles. The molecule has 0 aromatic carbocycles. The summed E-state index contributed by atoms with van der Waals surface area (Å²) in [5, 5.41) is 3.08. The van der Waals surface area contributed by atoms with Gasteiger partial charge in [0.2, 0.25) is 5.91 Å². The van der Waals surface area contributed by atoms with E-state index < -0.39 is 0 Å². The summed E-state index contributed by atoms with van der Waals surface area (Å²) in [6.45, 7) is 5.05. The van der Waals surface area contributed by atoms with Crippen LogP contribution in [0.2, 0.25) is 0 Å². The fourth-order valence-electron chi connectivity index (χ4n) is 2.06. The molecule has 0 aromatic heterocycles. The number of amides is 1. The summed E-state index contributed by atoms with van der Waals surface area (Å²) in [5.41, 5.74) is 0.236. The summed E-state index contributed by atoms with van der Waals surface area (Å²) in [6.07, 6.45) is 6.52. The first-order chi connectivity index (χ1) is 7.67. The van der Waals surface area contributed by atoms with E-state index in [4.69, 9.17) is 11.6 Å². The highest BCUT2D eigenvalue weighted by Gasteiger charge is 2.42. The number of alkyl halides is 1. The van der Waals surface area contributed by atoms with Crippen LogP contribution in [0.3, 0.4) is 0 Å². The second-order valence-corrected chi connectivity index (χ2v) is 5.39. The predicted molar refractivity (Wildman–Crippen MR) is 68.7 cm³/mol. The van der Waals surface area contributed by atoms with Crippen LogP contribution < -0.4 is 5.32 Å². The van der Waals surface area contributed by atoms with E-state index in [0.717, 1.165) is 32.2 Å². The maximum atomic E-state index is 12.0. The largest absolute Gasteiger partial charge is 0.355 e. The van der Waals surface area contributed by atoms with Crippen LogP contribution in [0.4, 0.5) is 0 Å². The Morgan fingerprint density at radius 2 is 1.88 bits per heavy atom. The third kappa shape index (κ3) is 3.97. The molecule has 1 aliphatic rings. The molecule has 3 heteroatoms. The number of hydrogen-bond acceptors (Lipinski definition) is 1. The molecule has 0 saturated heterocycles. The van der Waals surface area contributed by atoms with E-state index in [1.807, 2.05) is 0 Å². The predicted octanol–water partition coefficient (Wildman–Crippen LogP) is 3.34. The van der Waals surface area contributed by atoms with Gasteiger partial charge in [0.05, 0.1) is 0 Å². The maximum Gasteiger partial charge on any atom is 0.223 e. The summed E-state index contributed by atoms with van der Waals surface area (Å²) in [6, 6.07) is 0. The molecule has 1 rings (SSSR count). The van der Waals surface area contributed by atoms with Crippen LogP contribution in [-0.4, -0.2) is 18.3 Å². The van der Waals surface area contributed by atoms with Gasteiger partial charge in [-0.25, -0.2) is 0 Å². The van der Waals surface area contributed by atoms with E-state index in [-0.39, 0.29) is 17.2 Å². The van der Waals surface area contributed by atoms with E-state index in [1.54, 1.807) is 0 Å². The van der Waals surface area contributed by atoms with Crippen molar-refractivity contribution in [3.05, 3.63) is 0 Å². The molecule has 0 atom stereocenters. The van der Waals surface area contributed by atoms with Crippen molar-refractivity contribution in [2.45, 2.75) is 52.4 Å². The smallest absolute Gasteiger partial charge is 0.223 e. The van der Waals surface area contributed by atoms with Gasteiger partial charge in [-0.05, 0) is 25.7 Å². The fourth-order valence-corrected chi connectivity index (χ4v) is 2.42. The van der Waals surface area contributed by atoms with Crippen molar-refractivity contribution in [3.63, 3.8) is 0 Å². The minimum Gasteiger partial charge on any atom is -0.355 e. The second kappa shape index (κ2) is 6.48. The molecule has 0 aromatic rings.